The van der Waals surface area contributed by atoms with E-state index in [-0.39, 0.29) is 25.0 Å². The third kappa shape index (κ3) is 8.71. The maximum Gasteiger partial charge on any atom is 0.261 e. The van der Waals surface area contributed by atoms with Gasteiger partial charge in [-0.3, -0.25) is 9.59 Å². The molecule has 184 valence electrons. The molecule has 1 atom stereocenters. The van der Waals surface area contributed by atoms with Gasteiger partial charge >= 0.3 is 0 Å². The number of hydrogen-bond donors (Lipinski definition) is 1. The first-order valence-electron chi connectivity index (χ1n) is 11.7. The smallest absolute Gasteiger partial charge is 0.261 e. The van der Waals surface area contributed by atoms with Crippen molar-refractivity contribution in [3.05, 3.63) is 99.5 Å². The van der Waals surface area contributed by atoms with Crippen molar-refractivity contribution in [3.8, 4) is 5.75 Å². The summed E-state index contributed by atoms with van der Waals surface area (Å²) in [6, 6.07) is 23.7. The largest absolute Gasteiger partial charge is 0.484 e. The maximum atomic E-state index is 13.5. The Morgan fingerprint density at radius 2 is 1.74 bits per heavy atom. The van der Waals surface area contributed by atoms with Gasteiger partial charge in [0.05, 0.1) is 0 Å². The summed E-state index contributed by atoms with van der Waals surface area (Å²) in [5.41, 5.74) is 1.90. The zero-order chi connectivity index (χ0) is 25.0. The molecule has 0 saturated carbocycles. The van der Waals surface area contributed by atoms with Gasteiger partial charge in [-0.2, -0.15) is 0 Å². The topological polar surface area (TPSA) is 58.6 Å². The summed E-state index contributed by atoms with van der Waals surface area (Å²) < 4.78 is 6.70. The van der Waals surface area contributed by atoms with Crippen molar-refractivity contribution in [2.24, 2.45) is 0 Å². The number of ether oxygens (including phenoxy) is 1. The number of carbonyl (C=O) groups excluding carboxylic acids is 2. The molecule has 2 amide bonds. The number of carbonyl (C=O) groups is 2. The van der Waals surface area contributed by atoms with Crippen LogP contribution in [0.5, 0.6) is 5.75 Å². The molecule has 3 rings (SSSR count). The van der Waals surface area contributed by atoms with E-state index in [1.54, 1.807) is 29.2 Å². The molecule has 0 aromatic heterocycles. The van der Waals surface area contributed by atoms with Gasteiger partial charge < -0.3 is 15.0 Å². The molecule has 0 bridgehead atoms. The van der Waals surface area contributed by atoms with Crippen molar-refractivity contribution in [3.63, 3.8) is 0 Å². The van der Waals surface area contributed by atoms with Crippen LogP contribution in [-0.4, -0.2) is 35.9 Å². The predicted molar refractivity (Wildman–Crippen MR) is 143 cm³/mol. The SMILES string of the molecule is CCCCNC(=O)C(Cc1ccccc1)N(Cc1ccc(Br)cc1)C(=O)COc1cccc(Cl)c1. The molecule has 35 heavy (non-hydrogen) atoms. The van der Waals surface area contributed by atoms with Crippen LogP contribution in [0.3, 0.4) is 0 Å². The lowest BCUT2D eigenvalue weighted by atomic mass is 10.0. The van der Waals surface area contributed by atoms with Crippen molar-refractivity contribution in [1.82, 2.24) is 10.2 Å². The van der Waals surface area contributed by atoms with Crippen LogP contribution in [-0.2, 0) is 22.6 Å². The number of benzene rings is 3. The van der Waals surface area contributed by atoms with Crippen LogP contribution in [0.1, 0.15) is 30.9 Å². The normalized spacial score (nSPS) is 11.5. The number of hydrogen-bond acceptors (Lipinski definition) is 3. The van der Waals surface area contributed by atoms with Crippen LogP contribution in [0.15, 0.2) is 83.3 Å². The summed E-state index contributed by atoms with van der Waals surface area (Å²) in [5, 5.41) is 3.54. The molecule has 0 aliphatic carbocycles. The molecule has 1 unspecified atom stereocenters. The molecule has 3 aromatic rings. The van der Waals surface area contributed by atoms with Crippen molar-refractivity contribution >= 4 is 39.3 Å². The van der Waals surface area contributed by atoms with E-state index >= 15 is 0 Å². The minimum Gasteiger partial charge on any atom is -0.484 e. The highest BCUT2D eigenvalue weighted by Gasteiger charge is 2.30. The summed E-state index contributed by atoms with van der Waals surface area (Å²) in [7, 11) is 0. The molecule has 0 heterocycles. The Bertz CT molecular complexity index is 1090. The minimum atomic E-state index is -0.687. The van der Waals surface area contributed by atoms with Gasteiger partial charge in [-0.05, 0) is 47.9 Å². The Morgan fingerprint density at radius 3 is 2.43 bits per heavy atom. The van der Waals surface area contributed by atoms with Crippen LogP contribution in [0.25, 0.3) is 0 Å². The fourth-order valence-electron chi connectivity index (χ4n) is 3.63. The van der Waals surface area contributed by atoms with Gasteiger partial charge in [0.1, 0.15) is 11.8 Å². The van der Waals surface area contributed by atoms with Crippen LogP contribution in [0.4, 0.5) is 0 Å². The second-order valence-electron chi connectivity index (χ2n) is 8.24. The zero-order valence-electron chi connectivity index (χ0n) is 19.8. The van der Waals surface area contributed by atoms with E-state index in [4.69, 9.17) is 16.3 Å². The minimum absolute atomic E-state index is 0.171. The van der Waals surface area contributed by atoms with Crippen LogP contribution < -0.4 is 10.1 Å². The number of halogens is 2. The highest BCUT2D eigenvalue weighted by atomic mass is 79.9. The average Bonchev–Trinajstić information content (AvgIpc) is 2.86. The van der Waals surface area contributed by atoms with Crippen molar-refractivity contribution in [1.29, 1.82) is 0 Å². The Labute approximate surface area is 220 Å². The molecular weight excluding hydrogens is 528 g/mol. The summed E-state index contributed by atoms with van der Waals surface area (Å²) >= 11 is 9.51. The number of nitrogens with zero attached hydrogens (tertiary/aromatic N) is 1. The van der Waals surface area contributed by atoms with E-state index in [9.17, 15) is 9.59 Å². The summed E-state index contributed by atoms with van der Waals surface area (Å²) in [6.45, 7) is 2.72. The highest BCUT2D eigenvalue weighted by Crippen LogP contribution is 2.20. The monoisotopic (exact) mass is 556 g/mol. The quantitative estimate of drug-likeness (QED) is 0.276. The molecule has 0 aliphatic heterocycles. The highest BCUT2D eigenvalue weighted by molar-refractivity contribution is 9.10. The first-order chi connectivity index (χ1) is 17.0. The van der Waals surface area contributed by atoms with E-state index in [1.807, 2.05) is 54.6 Å². The molecular formula is C28H30BrClN2O3. The van der Waals surface area contributed by atoms with E-state index in [1.165, 1.54) is 0 Å². The fraction of sp³-hybridized carbons (Fsp3) is 0.286. The van der Waals surface area contributed by atoms with Crippen molar-refractivity contribution in [2.75, 3.05) is 13.2 Å². The van der Waals surface area contributed by atoms with Gasteiger partial charge in [-0.1, -0.05) is 89.4 Å². The van der Waals surface area contributed by atoms with Crippen molar-refractivity contribution < 1.29 is 14.3 Å². The van der Waals surface area contributed by atoms with Gasteiger partial charge in [0.2, 0.25) is 5.91 Å². The Hall–Kier alpha value is -2.83. The lowest BCUT2D eigenvalue weighted by Gasteiger charge is -2.31. The molecule has 0 fully saturated rings. The van der Waals surface area contributed by atoms with E-state index in [0.717, 1.165) is 28.4 Å². The summed E-state index contributed by atoms with van der Waals surface area (Å²) in [6.07, 6.45) is 2.25. The molecule has 1 N–H and O–H groups in total. The first-order valence-corrected chi connectivity index (χ1v) is 12.9. The number of nitrogens with one attached hydrogen (secondary N) is 1. The van der Waals surface area contributed by atoms with Crippen LogP contribution in [0, 0.1) is 0 Å². The molecule has 0 spiro atoms. The predicted octanol–water partition coefficient (Wildman–Crippen LogP) is 6.04. The van der Waals surface area contributed by atoms with Gasteiger partial charge in [0, 0.05) is 29.0 Å². The van der Waals surface area contributed by atoms with Gasteiger partial charge in [-0.25, -0.2) is 0 Å². The van der Waals surface area contributed by atoms with Crippen LogP contribution >= 0.6 is 27.5 Å². The lowest BCUT2D eigenvalue weighted by Crippen LogP contribution is -2.51. The summed E-state index contributed by atoms with van der Waals surface area (Å²) in [5.74, 6) is 0.0523. The molecule has 0 aliphatic rings. The Balaban J connectivity index is 1.87. The molecule has 5 nitrogen and oxygen atoms in total. The number of unbranched alkanes of at least 4 members (excludes halogenated alkanes) is 1. The van der Waals surface area contributed by atoms with Gasteiger partial charge in [0.25, 0.3) is 5.91 Å². The number of amides is 2. The molecule has 7 heteroatoms. The van der Waals surface area contributed by atoms with Gasteiger partial charge in [-0.15, -0.1) is 0 Å². The Kier molecular flexibility index (Phi) is 10.6. The Morgan fingerprint density at radius 1 is 1.00 bits per heavy atom. The van der Waals surface area contributed by atoms with Gasteiger partial charge in [0.15, 0.2) is 6.61 Å². The van der Waals surface area contributed by atoms with Crippen LogP contribution in [0.2, 0.25) is 5.02 Å². The second-order valence-corrected chi connectivity index (χ2v) is 9.60. The zero-order valence-corrected chi connectivity index (χ0v) is 22.1. The van der Waals surface area contributed by atoms with Crippen molar-refractivity contribution in [2.45, 2.75) is 38.8 Å². The third-order valence-electron chi connectivity index (χ3n) is 5.53. The van der Waals surface area contributed by atoms with E-state index in [0.29, 0.717) is 23.7 Å². The maximum absolute atomic E-state index is 13.5. The third-order valence-corrected chi connectivity index (χ3v) is 6.29. The van der Waals surface area contributed by atoms with E-state index in [2.05, 4.69) is 28.2 Å². The first kappa shape index (κ1) is 26.8. The average molecular weight is 558 g/mol. The number of rotatable bonds is 12. The fourth-order valence-corrected chi connectivity index (χ4v) is 4.08. The van der Waals surface area contributed by atoms with E-state index < -0.39 is 6.04 Å². The molecule has 0 radical (unpaired) electrons. The molecule has 3 aromatic carbocycles. The molecule has 0 saturated heterocycles. The lowest BCUT2D eigenvalue weighted by molar-refractivity contribution is -0.142. The summed E-state index contributed by atoms with van der Waals surface area (Å²) in [4.78, 5) is 28.5. The standard InChI is InChI=1S/C28H30BrClN2O3/c1-2-3-16-31-28(34)26(17-21-8-5-4-6-9-21)32(19-22-12-14-23(29)15-13-22)27(33)20-35-25-11-7-10-24(30)18-25/h4-15,18,26H,2-3,16-17,19-20H2,1H3,(H,31,34). The second kappa shape index (κ2) is 13.9.